The van der Waals surface area contributed by atoms with E-state index >= 15 is 0 Å². The van der Waals surface area contributed by atoms with E-state index in [-0.39, 0.29) is 11.6 Å². The van der Waals surface area contributed by atoms with Gasteiger partial charge in [0.05, 0.1) is 20.8 Å². The van der Waals surface area contributed by atoms with Crippen molar-refractivity contribution in [2.75, 3.05) is 20.8 Å². The molecule has 2 aromatic carbocycles. The van der Waals surface area contributed by atoms with Gasteiger partial charge in [-0.3, -0.25) is 0 Å². The summed E-state index contributed by atoms with van der Waals surface area (Å²) in [6, 6.07) is 12.6. The normalized spacial score (nSPS) is 14.8. The predicted octanol–water partition coefficient (Wildman–Crippen LogP) is 3.45. The number of hydrogen-bond donors (Lipinski definition) is 0. The molecule has 6 nitrogen and oxygen atoms in total. The van der Waals surface area contributed by atoms with Gasteiger partial charge in [0.15, 0.2) is 17.2 Å². The van der Waals surface area contributed by atoms with Crippen molar-refractivity contribution in [2.45, 2.75) is 6.92 Å². The first kappa shape index (κ1) is 17.5. The Hall–Kier alpha value is -3.28. The molecule has 0 fully saturated rings. The summed E-state index contributed by atoms with van der Waals surface area (Å²) < 4.78 is 21.4. The maximum Gasteiger partial charge on any atom is 0.363 e. The largest absolute Gasteiger partial charge is 0.497 e. The predicted molar refractivity (Wildman–Crippen MR) is 97.8 cm³/mol. The van der Waals surface area contributed by atoms with Crippen LogP contribution in [0.25, 0.3) is 6.08 Å². The van der Waals surface area contributed by atoms with Gasteiger partial charge in [-0.1, -0.05) is 12.1 Å². The third kappa shape index (κ3) is 3.54. The smallest absolute Gasteiger partial charge is 0.363 e. The maximum atomic E-state index is 12.2. The first-order chi connectivity index (χ1) is 12.7. The number of rotatable bonds is 6. The number of nitrogens with zero attached hydrogens (tertiary/aromatic N) is 1. The van der Waals surface area contributed by atoms with Gasteiger partial charge in [-0.25, -0.2) is 9.79 Å². The van der Waals surface area contributed by atoms with E-state index in [1.165, 1.54) is 0 Å². The monoisotopic (exact) mass is 353 g/mol. The Bertz CT molecular complexity index is 868. The molecule has 134 valence electrons. The first-order valence-corrected chi connectivity index (χ1v) is 8.13. The second kappa shape index (κ2) is 7.74. The Morgan fingerprint density at radius 2 is 1.85 bits per heavy atom. The maximum absolute atomic E-state index is 12.2. The SMILES string of the molecule is CCOc1c(/C=C2/N=C(c3ccc(OC)cc3)OC2=O)cccc1OC. The Labute approximate surface area is 151 Å². The lowest BCUT2D eigenvalue weighted by atomic mass is 10.1. The van der Waals surface area contributed by atoms with Crippen LogP contribution >= 0.6 is 0 Å². The highest BCUT2D eigenvalue weighted by atomic mass is 16.6. The standard InChI is InChI=1S/C20H19NO5/c1-4-25-18-14(6-5-7-17(18)24-3)12-16-20(22)26-19(21-16)13-8-10-15(23-2)11-9-13/h5-12H,4H2,1-3H3/b16-12+. The van der Waals surface area contributed by atoms with Crippen molar-refractivity contribution >= 4 is 17.9 Å². The molecule has 1 aliphatic heterocycles. The van der Waals surface area contributed by atoms with Gasteiger partial charge in [0, 0.05) is 11.1 Å². The average molecular weight is 353 g/mol. The van der Waals surface area contributed by atoms with Crippen molar-refractivity contribution in [3.05, 3.63) is 59.3 Å². The fourth-order valence-electron chi connectivity index (χ4n) is 2.52. The Balaban J connectivity index is 1.96. The summed E-state index contributed by atoms with van der Waals surface area (Å²) in [4.78, 5) is 16.5. The first-order valence-electron chi connectivity index (χ1n) is 8.13. The van der Waals surface area contributed by atoms with Gasteiger partial charge in [0.1, 0.15) is 5.75 Å². The molecule has 2 aromatic rings. The molecular formula is C20H19NO5. The van der Waals surface area contributed by atoms with E-state index in [4.69, 9.17) is 18.9 Å². The van der Waals surface area contributed by atoms with Crippen LogP contribution in [0.15, 0.2) is 53.2 Å². The molecule has 0 aliphatic carbocycles. The molecule has 0 N–H and O–H groups in total. The van der Waals surface area contributed by atoms with E-state index in [1.807, 2.05) is 19.1 Å². The summed E-state index contributed by atoms with van der Waals surface area (Å²) in [5.74, 6) is 1.61. The summed E-state index contributed by atoms with van der Waals surface area (Å²) in [7, 11) is 3.16. The fraction of sp³-hybridized carbons (Fsp3) is 0.200. The molecule has 1 aliphatic rings. The Morgan fingerprint density at radius 1 is 1.08 bits per heavy atom. The van der Waals surface area contributed by atoms with Crippen LogP contribution in [0.4, 0.5) is 0 Å². The highest BCUT2D eigenvalue weighted by Gasteiger charge is 2.25. The Morgan fingerprint density at radius 3 is 2.50 bits per heavy atom. The van der Waals surface area contributed by atoms with Crippen LogP contribution in [0.5, 0.6) is 17.2 Å². The summed E-state index contributed by atoms with van der Waals surface area (Å²) in [6.07, 6.45) is 1.63. The van der Waals surface area contributed by atoms with Gasteiger partial charge in [0.25, 0.3) is 0 Å². The van der Waals surface area contributed by atoms with Crippen LogP contribution in [0.3, 0.4) is 0 Å². The number of cyclic esters (lactones) is 1. The molecule has 0 spiro atoms. The van der Waals surface area contributed by atoms with Crippen LogP contribution in [0.2, 0.25) is 0 Å². The van der Waals surface area contributed by atoms with Gasteiger partial charge in [0.2, 0.25) is 5.90 Å². The van der Waals surface area contributed by atoms with E-state index < -0.39 is 5.97 Å². The number of para-hydroxylation sites is 1. The molecule has 3 rings (SSSR count). The quantitative estimate of drug-likeness (QED) is 0.588. The van der Waals surface area contributed by atoms with Crippen LogP contribution in [-0.2, 0) is 9.53 Å². The topological polar surface area (TPSA) is 66.3 Å². The molecule has 0 aromatic heterocycles. The van der Waals surface area contributed by atoms with Gasteiger partial charge in [-0.2, -0.15) is 0 Å². The molecule has 1 heterocycles. The number of carbonyl (C=O) groups is 1. The van der Waals surface area contributed by atoms with E-state index in [9.17, 15) is 4.79 Å². The van der Waals surface area contributed by atoms with Crippen molar-refractivity contribution in [2.24, 2.45) is 4.99 Å². The molecule has 26 heavy (non-hydrogen) atoms. The second-order valence-corrected chi connectivity index (χ2v) is 5.38. The average Bonchev–Trinajstić information content (AvgIpc) is 3.04. The summed E-state index contributed by atoms with van der Waals surface area (Å²) in [6.45, 7) is 2.36. The van der Waals surface area contributed by atoms with Crippen LogP contribution in [0.1, 0.15) is 18.1 Å². The highest BCUT2D eigenvalue weighted by molar-refractivity contribution is 6.13. The zero-order chi connectivity index (χ0) is 18.5. The minimum absolute atomic E-state index is 0.199. The summed E-state index contributed by atoms with van der Waals surface area (Å²) in [5.41, 5.74) is 1.58. The zero-order valence-electron chi connectivity index (χ0n) is 14.8. The molecule has 0 atom stereocenters. The van der Waals surface area contributed by atoms with Crippen LogP contribution in [-0.4, -0.2) is 32.7 Å². The lowest BCUT2D eigenvalue weighted by molar-refractivity contribution is -0.129. The number of methoxy groups -OCH3 is 2. The van der Waals surface area contributed by atoms with Gasteiger partial charge >= 0.3 is 5.97 Å². The van der Waals surface area contributed by atoms with E-state index in [0.29, 0.717) is 35.0 Å². The van der Waals surface area contributed by atoms with Crippen molar-refractivity contribution in [1.29, 1.82) is 0 Å². The minimum Gasteiger partial charge on any atom is -0.497 e. The lowest BCUT2D eigenvalue weighted by Crippen LogP contribution is -2.05. The van der Waals surface area contributed by atoms with E-state index in [2.05, 4.69) is 4.99 Å². The minimum atomic E-state index is -0.513. The third-order valence-electron chi connectivity index (χ3n) is 3.77. The Kier molecular flexibility index (Phi) is 5.22. The van der Waals surface area contributed by atoms with Crippen molar-refractivity contribution < 1.29 is 23.7 Å². The van der Waals surface area contributed by atoms with Crippen molar-refractivity contribution in [3.8, 4) is 17.2 Å². The summed E-state index contributed by atoms with van der Waals surface area (Å²) in [5, 5.41) is 0. The number of carbonyl (C=O) groups excluding carboxylic acids is 1. The summed E-state index contributed by atoms with van der Waals surface area (Å²) >= 11 is 0. The van der Waals surface area contributed by atoms with Gasteiger partial charge in [-0.05, 0) is 43.3 Å². The lowest BCUT2D eigenvalue weighted by Gasteiger charge is -2.11. The second-order valence-electron chi connectivity index (χ2n) is 5.38. The molecule has 0 bridgehead atoms. The van der Waals surface area contributed by atoms with Crippen LogP contribution < -0.4 is 14.2 Å². The van der Waals surface area contributed by atoms with Crippen molar-refractivity contribution in [1.82, 2.24) is 0 Å². The number of aliphatic imine (C=N–C) groups is 1. The zero-order valence-corrected chi connectivity index (χ0v) is 14.8. The van der Waals surface area contributed by atoms with Gasteiger partial charge in [-0.15, -0.1) is 0 Å². The fourth-order valence-corrected chi connectivity index (χ4v) is 2.52. The molecular weight excluding hydrogens is 334 g/mol. The van der Waals surface area contributed by atoms with Crippen molar-refractivity contribution in [3.63, 3.8) is 0 Å². The van der Waals surface area contributed by atoms with E-state index in [0.717, 1.165) is 0 Å². The number of ether oxygens (including phenoxy) is 4. The van der Waals surface area contributed by atoms with E-state index in [1.54, 1.807) is 50.6 Å². The molecule has 6 heteroatoms. The molecule has 0 saturated heterocycles. The number of benzene rings is 2. The molecule has 0 saturated carbocycles. The van der Waals surface area contributed by atoms with Crippen LogP contribution in [0, 0.1) is 0 Å². The number of esters is 1. The molecule has 0 radical (unpaired) electrons. The molecule has 0 amide bonds. The molecule has 0 unspecified atom stereocenters. The van der Waals surface area contributed by atoms with Gasteiger partial charge < -0.3 is 18.9 Å². The highest BCUT2D eigenvalue weighted by Crippen LogP contribution is 2.33. The number of hydrogen-bond acceptors (Lipinski definition) is 6. The third-order valence-corrected chi connectivity index (χ3v) is 3.77.